The van der Waals surface area contributed by atoms with Gasteiger partial charge >= 0.3 is 12.1 Å². The molecule has 0 unspecified atom stereocenters. The molecule has 0 atom stereocenters. The molecule has 0 radical (unpaired) electrons. The highest BCUT2D eigenvalue weighted by Crippen LogP contribution is 2.28. The Hall–Kier alpha value is -4.28. The van der Waals surface area contributed by atoms with Crippen LogP contribution in [0.4, 0.5) is 33.5 Å². The summed E-state index contributed by atoms with van der Waals surface area (Å²) >= 11 is 0. The number of aromatic nitrogens is 2. The first kappa shape index (κ1) is 24.4. The molecule has 0 aliphatic rings. The second kappa shape index (κ2) is 10.1. The van der Waals surface area contributed by atoms with Crippen molar-refractivity contribution in [2.24, 2.45) is 0 Å². The zero-order chi connectivity index (χ0) is 24.9. The number of carboxylic acids is 1. The number of benzene rings is 3. The Morgan fingerprint density at radius 2 is 1.59 bits per heavy atom. The van der Waals surface area contributed by atoms with Crippen molar-refractivity contribution in [3.63, 3.8) is 0 Å². The van der Waals surface area contributed by atoms with Gasteiger partial charge in [-0.05, 0) is 48.5 Å². The highest BCUT2D eigenvalue weighted by atomic mass is 19.4. The number of nitrogens with zero attached hydrogens (tertiary/aromatic N) is 2. The lowest BCUT2D eigenvalue weighted by Crippen LogP contribution is -2.21. The van der Waals surface area contributed by atoms with Gasteiger partial charge in [-0.1, -0.05) is 12.1 Å². The number of rotatable bonds is 4. The Labute approximate surface area is 189 Å². The zero-order valence-corrected chi connectivity index (χ0v) is 17.4. The molecule has 0 aliphatic carbocycles. The molecule has 1 aromatic heterocycles. The third-order valence-corrected chi connectivity index (χ3v) is 4.38. The Morgan fingerprint density at radius 3 is 2.18 bits per heavy atom. The number of aliphatic carboxylic acids is 1. The molecule has 0 aliphatic heterocycles. The molecule has 6 nitrogen and oxygen atoms in total. The number of para-hydroxylation sites is 1. The number of anilines is 2. The number of fused-ring (bicyclic) bond motifs is 1. The highest BCUT2D eigenvalue weighted by Gasteiger charge is 2.38. The van der Waals surface area contributed by atoms with Crippen LogP contribution < -0.4 is 10.1 Å². The summed E-state index contributed by atoms with van der Waals surface area (Å²) in [6, 6.07) is 18.5. The van der Waals surface area contributed by atoms with Crippen molar-refractivity contribution in [1.82, 2.24) is 9.97 Å². The van der Waals surface area contributed by atoms with Crippen molar-refractivity contribution in [2.75, 3.05) is 12.4 Å². The molecular formula is C23H16F5N3O3. The molecule has 1 heterocycles. The van der Waals surface area contributed by atoms with E-state index < -0.39 is 23.8 Å². The van der Waals surface area contributed by atoms with Crippen LogP contribution in [0.15, 0.2) is 66.7 Å². The molecule has 0 amide bonds. The van der Waals surface area contributed by atoms with Gasteiger partial charge in [0.2, 0.25) is 0 Å². The number of ether oxygens (including phenoxy) is 1. The van der Waals surface area contributed by atoms with E-state index in [1.807, 2.05) is 48.5 Å². The van der Waals surface area contributed by atoms with Gasteiger partial charge in [0.1, 0.15) is 11.6 Å². The molecule has 34 heavy (non-hydrogen) atoms. The van der Waals surface area contributed by atoms with Crippen molar-refractivity contribution in [2.45, 2.75) is 6.18 Å². The molecule has 2 N–H and O–H groups in total. The normalized spacial score (nSPS) is 10.9. The fourth-order valence-corrected chi connectivity index (χ4v) is 2.75. The molecule has 4 rings (SSSR count). The van der Waals surface area contributed by atoms with E-state index in [4.69, 9.17) is 14.6 Å². The van der Waals surface area contributed by atoms with Gasteiger partial charge < -0.3 is 15.2 Å². The molecule has 0 spiro atoms. The van der Waals surface area contributed by atoms with E-state index in [0.717, 1.165) is 34.3 Å². The lowest BCUT2D eigenvalue weighted by Gasteiger charge is -2.11. The van der Waals surface area contributed by atoms with E-state index in [-0.39, 0.29) is 0 Å². The average molecular weight is 477 g/mol. The van der Waals surface area contributed by atoms with Crippen LogP contribution in [0.1, 0.15) is 0 Å². The lowest BCUT2D eigenvalue weighted by molar-refractivity contribution is -0.192. The first-order valence-electron chi connectivity index (χ1n) is 9.52. The Kier molecular flexibility index (Phi) is 7.24. The van der Waals surface area contributed by atoms with Gasteiger partial charge in [0.15, 0.2) is 17.5 Å². The molecule has 0 saturated carbocycles. The zero-order valence-electron chi connectivity index (χ0n) is 17.4. The first-order chi connectivity index (χ1) is 16.1. The minimum atomic E-state index is -5.08. The van der Waals surface area contributed by atoms with Crippen LogP contribution in [0, 0.1) is 11.6 Å². The summed E-state index contributed by atoms with van der Waals surface area (Å²) in [6.07, 6.45) is -5.08. The van der Waals surface area contributed by atoms with Crippen LogP contribution >= 0.6 is 0 Å². The third-order valence-electron chi connectivity index (χ3n) is 4.38. The van der Waals surface area contributed by atoms with Crippen LogP contribution in [0.2, 0.25) is 0 Å². The molecule has 0 bridgehead atoms. The Bertz CT molecular complexity index is 1310. The Balaban J connectivity index is 0.000000406. The maximum absolute atomic E-state index is 13.6. The fourth-order valence-electron chi connectivity index (χ4n) is 2.75. The number of carboxylic acid groups (broad SMARTS) is 1. The van der Waals surface area contributed by atoms with Crippen molar-refractivity contribution in [1.29, 1.82) is 0 Å². The summed E-state index contributed by atoms with van der Waals surface area (Å²) < 4.78 is 63.7. The molecular weight excluding hydrogens is 461 g/mol. The van der Waals surface area contributed by atoms with Gasteiger partial charge in [-0.15, -0.1) is 0 Å². The number of hydrogen-bond acceptors (Lipinski definition) is 5. The van der Waals surface area contributed by atoms with Crippen LogP contribution in [0.3, 0.4) is 0 Å². The van der Waals surface area contributed by atoms with Crippen molar-refractivity contribution < 1.29 is 36.6 Å². The molecule has 11 heteroatoms. The summed E-state index contributed by atoms with van der Waals surface area (Å²) in [6.45, 7) is 0. The minimum Gasteiger partial charge on any atom is -0.497 e. The average Bonchev–Trinajstić information content (AvgIpc) is 2.81. The number of methoxy groups -OCH3 is 1. The van der Waals surface area contributed by atoms with E-state index in [1.54, 1.807) is 7.11 Å². The van der Waals surface area contributed by atoms with Crippen LogP contribution in [-0.2, 0) is 4.79 Å². The largest absolute Gasteiger partial charge is 0.497 e. The van der Waals surface area contributed by atoms with Crippen molar-refractivity contribution in [3.8, 4) is 17.1 Å². The van der Waals surface area contributed by atoms with Crippen LogP contribution in [0.5, 0.6) is 5.75 Å². The lowest BCUT2D eigenvalue weighted by atomic mass is 10.1. The van der Waals surface area contributed by atoms with Gasteiger partial charge in [0, 0.05) is 22.7 Å². The summed E-state index contributed by atoms with van der Waals surface area (Å²) in [5, 5.41) is 11.0. The second-order valence-corrected chi connectivity index (χ2v) is 6.70. The van der Waals surface area contributed by atoms with E-state index >= 15 is 0 Å². The van der Waals surface area contributed by atoms with Gasteiger partial charge in [-0.3, -0.25) is 0 Å². The second-order valence-electron chi connectivity index (χ2n) is 6.70. The minimum absolute atomic E-state index is 0.401. The van der Waals surface area contributed by atoms with Gasteiger partial charge in [-0.25, -0.2) is 23.5 Å². The highest BCUT2D eigenvalue weighted by molar-refractivity contribution is 5.92. The van der Waals surface area contributed by atoms with E-state index in [0.29, 0.717) is 17.3 Å². The summed E-state index contributed by atoms with van der Waals surface area (Å²) in [5.41, 5.74) is 1.96. The number of hydrogen-bond donors (Lipinski definition) is 2. The predicted molar refractivity (Wildman–Crippen MR) is 115 cm³/mol. The number of carbonyl (C=O) groups is 1. The van der Waals surface area contributed by atoms with Crippen molar-refractivity contribution in [3.05, 3.63) is 78.4 Å². The smallest absolute Gasteiger partial charge is 0.490 e. The summed E-state index contributed by atoms with van der Waals surface area (Å²) in [5.74, 6) is -2.81. The van der Waals surface area contributed by atoms with Crippen molar-refractivity contribution >= 4 is 28.4 Å². The number of alkyl halides is 3. The van der Waals surface area contributed by atoms with Crippen LogP contribution in [-0.4, -0.2) is 34.3 Å². The topological polar surface area (TPSA) is 84.3 Å². The monoisotopic (exact) mass is 477 g/mol. The maximum atomic E-state index is 13.6. The van der Waals surface area contributed by atoms with Crippen LogP contribution in [0.25, 0.3) is 22.3 Å². The third kappa shape index (κ3) is 5.94. The maximum Gasteiger partial charge on any atom is 0.490 e. The van der Waals surface area contributed by atoms with E-state index in [9.17, 15) is 22.0 Å². The molecule has 4 aromatic rings. The predicted octanol–water partition coefficient (Wildman–Crippen LogP) is 5.96. The number of halogens is 5. The van der Waals surface area contributed by atoms with Gasteiger partial charge in [0.25, 0.3) is 0 Å². The first-order valence-corrected chi connectivity index (χ1v) is 9.52. The molecule has 3 aromatic carbocycles. The van der Waals surface area contributed by atoms with Gasteiger partial charge in [-0.2, -0.15) is 13.2 Å². The fraction of sp³-hybridized carbons (Fsp3) is 0.0870. The van der Waals surface area contributed by atoms with Gasteiger partial charge in [0.05, 0.1) is 12.6 Å². The van der Waals surface area contributed by atoms with E-state index in [1.165, 1.54) is 6.07 Å². The number of nitrogens with one attached hydrogen (secondary N) is 1. The standard InChI is InChI=1S/C21H15F2N3O.C2HF3O2/c1-27-15-9-6-13(7-10-15)20-25-19-5-3-2-4-16(19)21(26-20)24-14-8-11-17(22)18(23)12-14;3-2(4,5)1(6)7/h2-12H,1H3,(H,24,25,26);(H,6,7). The summed E-state index contributed by atoms with van der Waals surface area (Å²) in [4.78, 5) is 18.1. The molecule has 176 valence electrons. The summed E-state index contributed by atoms with van der Waals surface area (Å²) in [7, 11) is 1.60. The Morgan fingerprint density at radius 1 is 0.941 bits per heavy atom. The quantitative estimate of drug-likeness (QED) is 0.353. The molecule has 0 fully saturated rings. The SMILES string of the molecule is COc1ccc(-c2nc(Nc3ccc(F)c(F)c3)c3ccccc3n2)cc1.O=C(O)C(F)(F)F. The molecule has 0 saturated heterocycles. The van der Waals surface area contributed by atoms with E-state index in [2.05, 4.69) is 15.3 Å².